The normalized spacial score (nSPS) is 10.4. The van der Waals surface area contributed by atoms with E-state index in [1.807, 2.05) is 6.07 Å². The summed E-state index contributed by atoms with van der Waals surface area (Å²) in [5.41, 5.74) is 2.53. The lowest BCUT2D eigenvalue weighted by molar-refractivity contribution is 1.16. The Kier molecular flexibility index (Phi) is 4.64. The van der Waals surface area contributed by atoms with Crippen molar-refractivity contribution in [2.24, 2.45) is 4.99 Å². The van der Waals surface area contributed by atoms with Gasteiger partial charge in [-0.3, -0.25) is 5.41 Å². The Morgan fingerprint density at radius 2 is 1.36 bits per heavy atom. The van der Waals surface area contributed by atoms with Crippen LogP contribution in [0.3, 0.4) is 0 Å². The van der Waals surface area contributed by atoms with Gasteiger partial charge in [0.2, 0.25) is 0 Å². The summed E-state index contributed by atoms with van der Waals surface area (Å²) in [7, 11) is 1.73. The Hall–Kier alpha value is -3.44. The van der Waals surface area contributed by atoms with Crippen molar-refractivity contribution in [1.82, 2.24) is 5.32 Å². The largest absolute Gasteiger partial charge is 0.373 e. The van der Waals surface area contributed by atoms with Gasteiger partial charge in [-0.05, 0) is 48.5 Å². The third kappa shape index (κ3) is 3.36. The highest BCUT2D eigenvalue weighted by Crippen LogP contribution is 2.08. The lowest BCUT2D eigenvalue weighted by Crippen LogP contribution is -2.21. The minimum absolute atomic E-state index is 0.0956. The molecule has 0 saturated carbocycles. The van der Waals surface area contributed by atoms with Crippen LogP contribution in [-0.2, 0) is 0 Å². The molecule has 0 aromatic heterocycles. The molecule has 0 aliphatic heterocycles. The first kappa shape index (κ1) is 15.0. The molecule has 0 heterocycles. The van der Waals surface area contributed by atoms with Crippen molar-refractivity contribution in [2.45, 2.75) is 0 Å². The van der Waals surface area contributed by atoms with Gasteiger partial charge in [-0.15, -0.1) is 0 Å². The first-order valence-electron chi connectivity index (χ1n) is 6.54. The Bertz CT molecular complexity index is 787. The minimum Gasteiger partial charge on any atom is -0.373 e. The molecule has 2 N–H and O–H groups in total. The number of amidine groups is 2. The second-order valence-corrected chi connectivity index (χ2v) is 4.44. The molecule has 106 valence electrons. The van der Waals surface area contributed by atoms with Gasteiger partial charge in [0.25, 0.3) is 0 Å². The monoisotopic (exact) mass is 287 g/mol. The molecule has 0 aliphatic carbocycles. The van der Waals surface area contributed by atoms with Gasteiger partial charge >= 0.3 is 0 Å². The van der Waals surface area contributed by atoms with Crippen LogP contribution in [0.15, 0.2) is 53.5 Å². The molecule has 0 amide bonds. The van der Waals surface area contributed by atoms with Gasteiger partial charge in [-0.2, -0.15) is 10.5 Å². The van der Waals surface area contributed by atoms with Gasteiger partial charge < -0.3 is 5.32 Å². The third-order valence-corrected chi connectivity index (χ3v) is 3.04. The fraction of sp³-hybridized carbons (Fsp3) is 0.0588. The molecular weight excluding hydrogens is 274 g/mol. The smallest absolute Gasteiger partial charge is 0.154 e. The second kappa shape index (κ2) is 6.83. The number of nitrogens with zero attached hydrogens (tertiary/aromatic N) is 3. The summed E-state index contributed by atoms with van der Waals surface area (Å²) >= 11 is 0. The van der Waals surface area contributed by atoms with E-state index < -0.39 is 0 Å². The first-order chi connectivity index (χ1) is 10.7. The molecule has 22 heavy (non-hydrogen) atoms. The maximum Gasteiger partial charge on any atom is 0.154 e. The number of nitriles is 2. The topological polar surface area (TPSA) is 95.8 Å². The van der Waals surface area contributed by atoms with Crippen LogP contribution in [0.25, 0.3) is 0 Å². The van der Waals surface area contributed by atoms with Gasteiger partial charge in [0, 0.05) is 18.2 Å². The van der Waals surface area contributed by atoms with Crippen molar-refractivity contribution in [3.63, 3.8) is 0 Å². The van der Waals surface area contributed by atoms with Crippen molar-refractivity contribution >= 4 is 11.7 Å². The van der Waals surface area contributed by atoms with Crippen LogP contribution in [0.5, 0.6) is 0 Å². The fourth-order valence-corrected chi connectivity index (χ4v) is 1.85. The van der Waals surface area contributed by atoms with Crippen molar-refractivity contribution in [3.8, 4) is 12.1 Å². The maximum atomic E-state index is 8.81. The summed E-state index contributed by atoms with van der Waals surface area (Å²) in [5.74, 6) is 0.636. The Labute approximate surface area is 128 Å². The van der Waals surface area contributed by atoms with Gasteiger partial charge in [0.15, 0.2) is 5.84 Å². The molecular formula is C17H13N5. The molecule has 0 fully saturated rings. The molecule has 2 rings (SSSR count). The van der Waals surface area contributed by atoms with Crippen LogP contribution < -0.4 is 5.32 Å². The lowest BCUT2D eigenvalue weighted by Gasteiger charge is -2.07. The average molecular weight is 287 g/mol. The highest BCUT2D eigenvalue weighted by molar-refractivity contribution is 6.10. The van der Waals surface area contributed by atoms with Crippen molar-refractivity contribution in [2.75, 3.05) is 7.05 Å². The maximum absolute atomic E-state index is 8.81. The van der Waals surface area contributed by atoms with Crippen molar-refractivity contribution < 1.29 is 0 Å². The Balaban J connectivity index is 2.28. The van der Waals surface area contributed by atoms with E-state index in [1.54, 1.807) is 55.6 Å². The van der Waals surface area contributed by atoms with E-state index in [4.69, 9.17) is 15.9 Å². The molecule has 0 aliphatic rings. The average Bonchev–Trinajstić information content (AvgIpc) is 2.59. The van der Waals surface area contributed by atoms with E-state index in [0.29, 0.717) is 22.5 Å². The summed E-state index contributed by atoms with van der Waals surface area (Å²) < 4.78 is 0. The summed E-state index contributed by atoms with van der Waals surface area (Å²) in [5, 5.41) is 28.6. The molecule has 5 heteroatoms. The number of rotatable bonds is 2. The number of nitrogens with one attached hydrogen (secondary N) is 2. The summed E-state index contributed by atoms with van der Waals surface area (Å²) in [6.45, 7) is 0. The quantitative estimate of drug-likeness (QED) is 0.655. The van der Waals surface area contributed by atoms with Crippen LogP contribution in [0.4, 0.5) is 0 Å². The molecule has 0 atom stereocenters. The van der Waals surface area contributed by atoms with Gasteiger partial charge in [0.05, 0.1) is 23.3 Å². The zero-order valence-corrected chi connectivity index (χ0v) is 12.0. The summed E-state index contributed by atoms with van der Waals surface area (Å²) in [6, 6.07) is 17.7. The highest BCUT2D eigenvalue weighted by atomic mass is 15.0. The van der Waals surface area contributed by atoms with Crippen LogP contribution >= 0.6 is 0 Å². The Morgan fingerprint density at radius 3 is 1.77 bits per heavy atom. The zero-order chi connectivity index (χ0) is 15.9. The second-order valence-electron chi connectivity index (χ2n) is 4.44. The molecule has 0 saturated heterocycles. The van der Waals surface area contributed by atoms with Crippen LogP contribution in [0, 0.1) is 28.1 Å². The number of hydrogen-bond acceptors (Lipinski definition) is 3. The van der Waals surface area contributed by atoms with E-state index >= 15 is 0 Å². The zero-order valence-electron chi connectivity index (χ0n) is 12.0. The van der Waals surface area contributed by atoms with Crippen molar-refractivity contribution in [3.05, 3.63) is 70.8 Å². The molecule has 0 unspecified atom stereocenters. The number of benzene rings is 2. The third-order valence-electron chi connectivity index (χ3n) is 3.04. The first-order valence-corrected chi connectivity index (χ1v) is 6.54. The fourth-order valence-electron chi connectivity index (χ4n) is 1.85. The molecule has 2 aromatic carbocycles. The highest BCUT2D eigenvalue weighted by Gasteiger charge is 2.05. The summed E-state index contributed by atoms with van der Waals surface area (Å²) in [6.07, 6.45) is 0. The van der Waals surface area contributed by atoms with Crippen molar-refractivity contribution in [1.29, 1.82) is 15.9 Å². The Morgan fingerprint density at radius 1 is 0.909 bits per heavy atom. The molecule has 2 aromatic rings. The minimum atomic E-state index is 0.0956. The van der Waals surface area contributed by atoms with Gasteiger partial charge in [0.1, 0.15) is 5.84 Å². The van der Waals surface area contributed by atoms with Crippen LogP contribution in [-0.4, -0.2) is 18.7 Å². The van der Waals surface area contributed by atoms with Crippen LogP contribution in [0.2, 0.25) is 0 Å². The number of hydrogen-bond donors (Lipinski definition) is 2. The SMILES string of the molecule is CN/C(=N\C(=N)c1ccc(C#N)cc1)c1ccc(C#N)cc1. The van der Waals surface area contributed by atoms with E-state index in [1.165, 1.54) is 0 Å². The molecule has 0 spiro atoms. The van der Waals surface area contributed by atoms with E-state index in [2.05, 4.69) is 16.4 Å². The molecule has 5 nitrogen and oxygen atoms in total. The molecule has 0 bridgehead atoms. The lowest BCUT2D eigenvalue weighted by atomic mass is 10.1. The van der Waals surface area contributed by atoms with Gasteiger partial charge in [-0.1, -0.05) is 0 Å². The predicted octanol–water partition coefficient (Wildman–Crippen LogP) is 2.42. The van der Waals surface area contributed by atoms with E-state index in [-0.39, 0.29) is 5.84 Å². The van der Waals surface area contributed by atoms with Crippen LogP contribution in [0.1, 0.15) is 22.3 Å². The predicted molar refractivity (Wildman–Crippen MR) is 84.7 cm³/mol. The summed E-state index contributed by atoms with van der Waals surface area (Å²) in [4.78, 5) is 4.27. The standard InChI is InChI=1S/C17H13N5/c1-21-17(15-8-4-13(11-19)5-9-15)22-16(20)14-6-2-12(10-18)3-7-14/h2-9H,1H3,(H2,20,21,22). The van der Waals surface area contributed by atoms with Gasteiger partial charge in [-0.25, -0.2) is 4.99 Å². The van der Waals surface area contributed by atoms with E-state index in [0.717, 1.165) is 5.56 Å². The number of aliphatic imine (C=N–C) groups is 1. The van der Waals surface area contributed by atoms with E-state index in [9.17, 15) is 0 Å². The molecule has 0 radical (unpaired) electrons.